The quantitative estimate of drug-likeness (QED) is 0.885. The molecule has 1 heterocycles. The van der Waals surface area contributed by atoms with E-state index in [1.807, 2.05) is 0 Å². The molecule has 1 aliphatic heterocycles. The summed E-state index contributed by atoms with van der Waals surface area (Å²) in [7, 11) is 0. The van der Waals surface area contributed by atoms with Gasteiger partial charge in [-0.05, 0) is 18.6 Å². The van der Waals surface area contributed by atoms with Gasteiger partial charge in [-0.3, -0.25) is 0 Å². The van der Waals surface area contributed by atoms with E-state index >= 15 is 0 Å². The highest BCUT2D eigenvalue weighted by Crippen LogP contribution is 2.53. The Morgan fingerprint density at radius 1 is 1.32 bits per heavy atom. The fourth-order valence-corrected chi connectivity index (χ4v) is 3.85. The lowest BCUT2D eigenvalue weighted by Gasteiger charge is -2.55. The predicted octanol–water partition coefficient (Wildman–Crippen LogP) is 3.95. The lowest BCUT2D eigenvalue weighted by atomic mass is 9.57. The van der Waals surface area contributed by atoms with Crippen molar-refractivity contribution in [3.8, 4) is 0 Å². The molecule has 0 radical (unpaired) electrons. The van der Waals surface area contributed by atoms with Gasteiger partial charge in [0.25, 0.3) is 0 Å². The molecule has 0 spiro atoms. The number of anilines is 1. The van der Waals surface area contributed by atoms with E-state index in [2.05, 4.69) is 35.1 Å². The Morgan fingerprint density at radius 2 is 1.95 bits per heavy atom. The Labute approximate surface area is 119 Å². The van der Waals surface area contributed by atoms with Gasteiger partial charge < -0.3 is 10.1 Å². The molecule has 3 unspecified atom stereocenters. The summed E-state index contributed by atoms with van der Waals surface area (Å²) in [6.07, 6.45) is 1.15. The van der Waals surface area contributed by atoms with Crippen LogP contribution in [0.5, 0.6) is 0 Å². The van der Waals surface area contributed by atoms with Crippen molar-refractivity contribution in [2.24, 2.45) is 11.3 Å². The van der Waals surface area contributed by atoms with E-state index < -0.39 is 11.6 Å². The van der Waals surface area contributed by atoms with Crippen LogP contribution in [-0.4, -0.2) is 18.8 Å². The molecule has 2 aliphatic rings. The van der Waals surface area contributed by atoms with Gasteiger partial charge in [-0.1, -0.05) is 29.8 Å². The second-order valence-corrected chi connectivity index (χ2v) is 6.85. The second-order valence-electron chi connectivity index (χ2n) is 5.93. The van der Waals surface area contributed by atoms with Gasteiger partial charge in [0.05, 0.1) is 6.10 Å². The van der Waals surface area contributed by atoms with Crippen LogP contribution in [0.2, 0.25) is 0 Å². The maximum atomic E-state index is 13.9. The van der Waals surface area contributed by atoms with Crippen molar-refractivity contribution in [2.75, 3.05) is 11.9 Å². The first-order valence-electron chi connectivity index (χ1n) is 6.44. The summed E-state index contributed by atoms with van der Waals surface area (Å²) in [4.78, 5) is 0. The zero-order valence-corrected chi connectivity index (χ0v) is 12.4. The van der Waals surface area contributed by atoms with Gasteiger partial charge in [-0.15, -0.1) is 0 Å². The first kappa shape index (κ1) is 13.3. The minimum absolute atomic E-state index is 0.0355. The third-order valence-corrected chi connectivity index (χ3v) is 4.87. The molecule has 2 nitrogen and oxygen atoms in total. The Bertz CT molecular complexity index is 497. The summed E-state index contributed by atoms with van der Waals surface area (Å²) in [6.45, 7) is 4.89. The van der Waals surface area contributed by atoms with E-state index in [0.29, 0.717) is 10.4 Å². The van der Waals surface area contributed by atoms with Gasteiger partial charge in [-0.2, -0.15) is 0 Å². The minimum Gasteiger partial charge on any atom is -0.377 e. The van der Waals surface area contributed by atoms with Crippen LogP contribution in [0, 0.1) is 23.0 Å². The molecule has 1 aliphatic carbocycles. The molecule has 0 bridgehead atoms. The fraction of sp³-hybridized carbons (Fsp3) is 0.571. The van der Waals surface area contributed by atoms with Crippen molar-refractivity contribution in [1.29, 1.82) is 0 Å². The summed E-state index contributed by atoms with van der Waals surface area (Å²) in [5.41, 5.74) is -0.140. The van der Waals surface area contributed by atoms with Crippen LogP contribution in [0.4, 0.5) is 14.5 Å². The van der Waals surface area contributed by atoms with Crippen LogP contribution in [0.3, 0.4) is 0 Å². The molecule has 3 atom stereocenters. The highest BCUT2D eigenvalue weighted by molar-refractivity contribution is 9.10. The zero-order valence-electron chi connectivity index (χ0n) is 10.8. The number of nitrogens with one attached hydrogen (secondary N) is 1. The van der Waals surface area contributed by atoms with Crippen molar-refractivity contribution in [3.05, 3.63) is 28.2 Å². The number of ether oxygens (including phenoxy) is 1. The van der Waals surface area contributed by atoms with Crippen molar-refractivity contribution in [2.45, 2.75) is 32.4 Å². The molecular formula is C14H16BrF2NO. The zero-order chi connectivity index (χ0) is 13.8. The predicted molar refractivity (Wildman–Crippen MR) is 73.1 cm³/mol. The molecule has 0 aromatic heterocycles. The van der Waals surface area contributed by atoms with Gasteiger partial charge in [-0.25, -0.2) is 8.78 Å². The van der Waals surface area contributed by atoms with Crippen molar-refractivity contribution in [3.63, 3.8) is 0 Å². The van der Waals surface area contributed by atoms with E-state index in [4.69, 9.17) is 4.74 Å². The van der Waals surface area contributed by atoms with Crippen molar-refractivity contribution >= 4 is 21.6 Å². The maximum absolute atomic E-state index is 13.9. The monoisotopic (exact) mass is 331 g/mol. The molecule has 5 heteroatoms. The Morgan fingerprint density at radius 3 is 2.58 bits per heavy atom. The molecular weight excluding hydrogens is 316 g/mol. The van der Waals surface area contributed by atoms with Gasteiger partial charge >= 0.3 is 0 Å². The number of halogens is 3. The van der Waals surface area contributed by atoms with E-state index in [1.165, 1.54) is 12.1 Å². The van der Waals surface area contributed by atoms with Crippen LogP contribution in [0.15, 0.2) is 16.6 Å². The number of benzene rings is 1. The Kier molecular flexibility index (Phi) is 3.09. The van der Waals surface area contributed by atoms with Crippen LogP contribution >= 0.6 is 15.9 Å². The summed E-state index contributed by atoms with van der Waals surface area (Å²) < 4.78 is 33.8. The molecule has 1 aromatic carbocycles. The first-order chi connectivity index (χ1) is 8.91. The number of rotatable bonds is 2. The summed E-state index contributed by atoms with van der Waals surface area (Å²) in [5, 5.41) is 3.05. The molecule has 1 saturated heterocycles. The van der Waals surface area contributed by atoms with Crippen molar-refractivity contribution < 1.29 is 13.5 Å². The van der Waals surface area contributed by atoms with Crippen LogP contribution < -0.4 is 5.32 Å². The van der Waals surface area contributed by atoms with Gasteiger partial charge in [0.1, 0.15) is 17.3 Å². The molecule has 3 rings (SSSR count). The normalized spacial score (nSPS) is 31.7. The standard InChI is InChI=1S/C14H16BrF2NO/c1-14(2)12(8-3-4-19-13(8)14)18-11-9(16)5-7(15)6-10(11)17/h5-6,8,12-13,18H,3-4H2,1-2H3. The molecule has 1 N–H and O–H groups in total. The lowest BCUT2D eigenvalue weighted by molar-refractivity contribution is -0.0924. The van der Waals surface area contributed by atoms with Crippen molar-refractivity contribution in [1.82, 2.24) is 0 Å². The SMILES string of the molecule is CC1(C)C(Nc2c(F)cc(Br)cc2F)C2CCOC21. The average Bonchev–Trinajstić information content (AvgIpc) is 2.74. The van der Waals surface area contributed by atoms with Crippen LogP contribution in [0.1, 0.15) is 20.3 Å². The largest absolute Gasteiger partial charge is 0.377 e. The fourth-order valence-electron chi connectivity index (χ4n) is 3.45. The Balaban J connectivity index is 1.86. The Hall–Kier alpha value is -0.680. The second kappa shape index (κ2) is 4.42. The third-order valence-electron chi connectivity index (χ3n) is 4.41. The van der Waals surface area contributed by atoms with E-state index in [1.54, 1.807) is 0 Å². The first-order valence-corrected chi connectivity index (χ1v) is 7.23. The van der Waals surface area contributed by atoms with E-state index in [-0.39, 0.29) is 23.2 Å². The number of fused-ring (bicyclic) bond motifs is 1. The van der Waals surface area contributed by atoms with Crippen LogP contribution in [0.25, 0.3) is 0 Å². The molecule has 0 amide bonds. The maximum Gasteiger partial charge on any atom is 0.150 e. The molecule has 1 aromatic rings. The van der Waals surface area contributed by atoms with Gasteiger partial charge in [0.2, 0.25) is 0 Å². The topological polar surface area (TPSA) is 21.3 Å². The summed E-state index contributed by atoms with van der Waals surface area (Å²) >= 11 is 3.08. The summed E-state index contributed by atoms with van der Waals surface area (Å²) in [6, 6.07) is 2.60. The van der Waals surface area contributed by atoms with E-state index in [0.717, 1.165) is 13.0 Å². The van der Waals surface area contributed by atoms with Crippen LogP contribution in [-0.2, 0) is 4.74 Å². The molecule has 19 heavy (non-hydrogen) atoms. The molecule has 1 saturated carbocycles. The highest BCUT2D eigenvalue weighted by atomic mass is 79.9. The van der Waals surface area contributed by atoms with Gasteiger partial charge in [0, 0.05) is 28.5 Å². The average molecular weight is 332 g/mol. The minimum atomic E-state index is -0.565. The number of hydrogen-bond acceptors (Lipinski definition) is 2. The molecule has 104 valence electrons. The third kappa shape index (κ3) is 1.98. The molecule has 2 fully saturated rings. The summed E-state index contributed by atoms with van der Waals surface area (Å²) in [5.74, 6) is -0.785. The van der Waals surface area contributed by atoms with E-state index in [9.17, 15) is 8.78 Å². The number of hydrogen-bond donors (Lipinski definition) is 1. The van der Waals surface area contributed by atoms with Gasteiger partial charge in [0.15, 0.2) is 0 Å². The highest BCUT2D eigenvalue weighted by Gasteiger charge is 2.59. The lowest BCUT2D eigenvalue weighted by Crippen LogP contribution is -2.63. The smallest absolute Gasteiger partial charge is 0.150 e.